The number of ether oxygens (including phenoxy) is 1. The van der Waals surface area contributed by atoms with Gasteiger partial charge in [0.15, 0.2) is 18.2 Å². The number of amides is 2. The number of esters is 1. The van der Waals surface area contributed by atoms with Gasteiger partial charge in [0.25, 0.3) is 11.8 Å². The first-order valence-corrected chi connectivity index (χ1v) is 13.6. The molecule has 1 aliphatic carbocycles. The topological polar surface area (TPSA) is 97.1 Å². The first kappa shape index (κ1) is 24.9. The standard InChI is InChI=1S/C30H24N2O6S/c33-26(31-12-14-32(15-13-31)30(36)24-9-4-16-37-24)17-38-27(34)18-39-25-11-10-20-19-5-1-2-6-21(19)29(35)23-8-3-7-22(25)28(20)23/h1-11,16H,12-15,17-18H2. The third kappa shape index (κ3) is 4.70. The summed E-state index contributed by atoms with van der Waals surface area (Å²) >= 11 is 1.32. The number of hydrogen-bond acceptors (Lipinski definition) is 7. The van der Waals surface area contributed by atoms with Gasteiger partial charge in [-0.1, -0.05) is 48.5 Å². The Balaban J connectivity index is 1.05. The first-order chi connectivity index (χ1) is 19.0. The van der Waals surface area contributed by atoms with E-state index in [1.165, 1.54) is 18.0 Å². The van der Waals surface area contributed by atoms with Crippen LogP contribution in [0.25, 0.3) is 21.9 Å². The lowest BCUT2D eigenvalue weighted by molar-refractivity contribution is -0.150. The fourth-order valence-electron chi connectivity index (χ4n) is 5.11. The minimum Gasteiger partial charge on any atom is -0.459 e. The lowest BCUT2D eigenvalue weighted by Crippen LogP contribution is -2.51. The van der Waals surface area contributed by atoms with Gasteiger partial charge in [-0.3, -0.25) is 19.2 Å². The fourth-order valence-corrected chi connectivity index (χ4v) is 5.95. The molecule has 2 heterocycles. The molecule has 0 radical (unpaired) electrons. The maximum atomic E-state index is 13.1. The largest absolute Gasteiger partial charge is 0.459 e. The number of carbonyl (C=O) groups excluding carboxylic acids is 4. The van der Waals surface area contributed by atoms with Crippen molar-refractivity contribution in [1.82, 2.24) is 9.80 Å². The average Bonchev–Trinajstić information content (AvgIpc) is 3.52. The van der Waals surface area contributed by atoms with Gasteiger partial charge in [-0.2, -0.15) is 0 Å². The van der Waals surface area contributed by atoms with E-state index < -0.39 is 5.97 Å². The maximum absolute atomic E-state index is 13.1. The van der Waals surface area contributed by atoms with Crippen LogP contribution >= 0.6 is 11.8 Å². The summed E-state index contributed by atoms with van der Waals surface area (Å²) in [5, 5.41) is 1.79. The third-order valence-electron chi connectivity index (χ3n) is 7.06. The SMILES string of the molecule is O=C(CSc1ccc2c3c(cccc13)C(=O)c1ccccc1-2)OCC(=O)N1CCN(C(=O)c2ccco2)CC1. The summed E-state index contributed by atoms with van der Waals surface area (Å²) in [4.78, 5) is 54.7. The second kappa shape index (κ2) is 10.4. The highest BCUT2D eigenvalue weighted by Crippen LogP contribution is 2.42. The number of nitrogens with zero attached hydrogens (tertiary/aromatic N) is 2. The maximum Gasteiger partial charge on any atom is 0.316 e. The van der Waals surface area contributed by atoms with Gasteiger partial charge in [-0.15, -0.1) is 11.8 Å². The predicted octanol–water partition coefficient (Wildman–Crippen LogP) is 4.26. The minimum absolute atomic E-state index is 0.00469. The summed E-state index contributed by atoms with van der Waals surface area (Å²) in [6.45, 7) is 1.14. The highest BCUT2D eigenvalue weighted by molar-refractivity contribution is 8.00. The smallest absolute Gasteiger partial charge is 0.316 e. The summed E-state index contributed by atoms with van der Waals surface area (Å²) in [6, 6.07) is 20.5. The van der Waals surface area contributed by atoms with Gasteiger partial charge in [0, 0.05) is 47.6 Å². The van der Waals surface area contributed by atoms with Crippen LogP contribution in [0, 0.1) is 0 Å². The van der Waals surface area contributed by atoms with E-state index in [9.17, 15) is 19.2 Å². The third-order valence-corrected chi connectivity index (χ3v) is 8.11. The monoisotopic (exact) mass is 540 g/mol. The molecule has 0 saturated carbocycles. The number of carbonyl (C=O) groups is 4. The molecule has 2 amide bonds. The van der Waals surface area contributed by atoms with Crippen molar-refractivity contribution in [3.05, 3.63) is 89.9 Å². The number of ketones is 1. The zero-order valence-corrected chi connectivity index (χ0v) is 21.7. The fraction of sp³-hybridized carbons (Fsp3) is 0.200. The van der Waals surface area contributed by atoms with Crippen molar-refractivity contribution < 1.29 is 28.3 Å². The number of benzene rings is 3. The van der Waals surface area contributed by atoms with Crippen LogP contribution in [0.2, 0.25) is 0 Å². The lowest BCUT2D eigenvalue weighted by Gasteiger charge is -2.34. The molecule has 196 valence electrons. The Kier molecular flexibility index (Phi) is 6.66. The lowest BCUT2D eigenvalue weighted by atomic mass is 9.83. The molecular formula is C30H24N2O6S. The molecule has 9 heteroatoms. The Hall–Kier alpha value is -4.37. The Morgan fingerprint density at radius 1 is 0.795 bits per heavy atom. The van der Waals surface area contributed by atoms with E-state index >= 15 is 0 Å². The van der Waals surface area contributed by atoms with Crippen LogP contribution in [0.5, 0.6) is 0 Å². The van der Waals surface area contributed by atoms with Crippen molar-refractivity contribution in [2.24, 2.45) is 0 Å². The number of piperazine rings is 1. The van der Waals surface area contributed by atoms with E-state index in [4.69, 9.17) is 9.15 Å². The summed E-state index contributed by atoms with van der Waals surface area (Å²) in [7, 11) is 0. The van der Waals surface area contributed by atoms with E-state index in [0.29, 0.717) is 37.3 Å². The molecule has 0 spiro atoms. The van der Waals surface area contributed by atoms with E-state index in [2.05, 4.69) is 0 Å². The minimum atomic E-state index is -0.498. The van der Waals surface area contributed by atoms with Crippen LogP contribution in [0.3, 0.4) is 0 Å². The first-order valence-electron chi connectivity index (χ1n) is 12.6. The summed E-state index contributed by atoms with van der Waals surface area (Å²) in [5.41, 5.74) is 3.26. The molecule has 1 fully saturated rings. The van der Waals surface area contributed by atoms with Crippen LogP contribution in [0.15, 0.2) is 82.3 Å². The quantitative estimate of drug-likeness (QED) is 0.234. The molecule has 0 atom stereocenters. The number of thioether (sulfide) groups is 1. The Labute approximate surface area is 228 Å². The summed E-state index contributed by atoms with van der Waals surface area (Å²) < 4.78 is 10.4. The Bertz CT molecular complexity index is 1610. The van der Waals surface area contributed by atoms with E-state index in [1.54, 1.807) is 21.9 Å². The van der Waals surface area contributed by atoms with Gasteiger partial charge >= 0.3 is 5.97 Å². The predicted molar refractivity (Wildman–Crippen MR) is 146 cm³/mol. The van der Waals surface area contributed by atoms with Crippen LogP contribution in [-0.2, 0) is 14.3 Å². The van der Waals surface area contributed by atoms with Gasteiger partial charge in [0.05, 0.1) is 12.0 Å². The number of rotatable bonds is 6. The van der Waals surface area contributed by atoms with Crippen LogP contribution in [0.1, 0.15) is 26.5 Å². The molecule has 3 aromatic carbocycles. The molecule has 0 N–H and O–H groups in total. The van der Waals surface area contributed by atoms with Crippen molar-refractivity contribution in [2.75, 3.05) is 38.5 Å². The highest BCUT2D eigenvalue weighted by Gasteiger charge is 2.27. The number of fused-ring (bicyclic) bond motifs is 2. The van der Waals surface area contributed by atoms with Crippen LogP contribution in [-0.4, -0.2) is 71.9 Å². The Morgan fingerprint density at radius 3 is 2.31 bits per heavy atom. The normalized spacial score (nSPS) is 14.3. The van der Waals surface area contributed by atoms with Gasteiger partial charge in [0.2, 0.25) is 0 Å². The molecule has 1 aliphatic heterocycles. The van der Waals surface area contributed by atoms with E-state index in [-0.39, 0.29) is 35.7 Å². The van der Waals surface area contributed by atoms with E-state index in [1.807, 2.05) is 54.6 Å². The van der Waals surface area contributed by atoms with Crippen molar-refractivity contribution >= 4 is 46.1 Å². The molecule has 4 aromatic rings. The molecule has 1 saturated heterocycles. The molecular weight excluding hydrogens is 516 g/mol. The number of hydrogen-bond donors (Lipinski definition) is 0. The molecule has 6 rings (SSSR count). The molecule has 8 nitrogen and oxygen atoms in total. The summed E-state index contributed by atoms with van der Waals surface area (Å²) in [6.07, 6.45) is 1.45. The Morgan fingerprint density at radius 2 is 1.54 bits per heavy atom. The summed E-state index contributed by atoms with van der Waals surface area (Å²) in [5.74, 6) is -0.702. The van der Waals surface area contributed by atoms with E-state index in [0.717, 1.165) is 26.8 Å². The average molecular weight is 541 g/mol. The van der Waals surface area contributed by atoms with Crippen molar-refractivity contribution in [2.45, 2.75) is 4.90 Å². The highest BCUT2D eigenvalue weighted by atomic mass is 32.2. The second-order valence-electron chi connectivity index (χ2n) is 9.31. The number of furan rings is 1. The molecule has 0 unspecified atom stereocenters. The van der Waals surface area contributed by atoms with Gasteiger partial charge in [0.1, 0.15) is 0 Å². The molecule has 0 bridgehead atoms. The molecule has 2 aliphatic rings. The van der Waals surface area contributed by atoms with Crippen LogP contribution < -0.4 is 0 Å². The van der Waals surface area contributed by atoms with Crippen molar-refractivity contribution in [1.29, 1.82) is 0 Å². The van der Waals surface area contributed by atoms with Gasteiger partial charge < -0.3 is 19.0 Å². The van der Waals surface area contributed by atoms with Gasteiger partial charge in [-0.25, -0.2) is 0 Å². The zero-order valence-electron chi connectivity index (χ0n) is 20.9. The second-order valence-corrected chi connectivity index (χ2v) is 10.3. The van der Waals surface area contributed by atoms with Crippen molar-refractivity contribution in [3.8, 4) is 11.1 Å². The molecule has 39 heavy (non-hydrogen) atoms. The zero-order chi connectivity index (χ0) is 26.9. The van der Waals surface area contributed by atoms with Gasteiger partial charge in [-0.05, 0) is 34.7 Å². The molecule has 1 aromatic heterocycles. The van der Waals surface area contributed by atoms with Crippen molar-refractivity contribution in [3.63, 3.8) is 0 Å². The van der Waals surface area contributed by atoms with Crippen LogP contribution in [0.4, 0.5) is 0 Å².